The molecule has 0 aliphatic rings. The van der Waals surface area contributed by atoms with Crippen molar-refractivity contribution in [2.45, 2.75) is 13.5 Å². The number of carbonyl (C=O) groups excluding carboxylic acids is 2. The van der Waals surface area contributed by atoms with Crippen LogP contribution in [0.3, 0.4) is 0 Å². The fourth-order valence-corrected chi connectivity index (χ4v) is 3.98. The Labute approximate surface area is 183 Å². The van der Waals surface area contributed by atoms with Gasteiger partial charge in [-0.15, -0.1) is 11.3 Å². The van der Waals surface area contributed by atoms with Gasteiger partial charge in [0.2, 0.25) is 0 Å². The van der Waals surface area contributed by atoms with Crippen LogP contribution in [0.5, 0.6) is 0 Å². The minimum atomic E-state index is -0.457. The van der Waals surface area contributed by atoms with Gasteiger partial charge in [0.05, 0.1) is 29.1 Å². The van der Waals surface area contributed by atoms with Crippen LogP contribution in [-0.4, -0.2) is 45.3 Å². The first-order valence-electron chi connectivity index (χ1n) is 9.73. The number of benzene rings is 2. The molecule has 0 aliphatic heterocycles. The summed E-state index contributed by atoms with van der Waals surface area (Å²) in [6.45, 7) is 2.47. The average Bonchev–Trinajstić information content (AvgIpc) is 3.41. The summed E-state index contributed by atoms with van der Waals surface area (Å²) >= 11 is 1.58. The van der Waals surface area contributed by atoms with Crippen molar-refractivity contribution in [1.29, 1.82) is 0 Å². The second kappa shape index (κ2) is 8.97. The zero-order chi connectivity index (χ0) is 21.8. The minimum absolute atomic E-state index is 0.226. The zero-order valence-corrected chi connectivity index (χ0v) is 17.9. The van der Waals surface area contributed by atoms with E-state index in [1.165, 1.54) is 0 Å². The molecule has 31 heavy (non-hydrogen) atoms. The first kappa shape index (κ1) is 20.5. The van der Waals surface area contributed by atoms with Gasteiger partial charge >= 0.3 is 12.0 Å². The number of aromatic nitrogens is 3. The number of fused-ring (bicyclic) bond motifs is 1. The van der Waals surface area contributed by atoms with Crippen molar-refractivity contribution in [2.24, 2.45) is 0 Å². The van der Waals surface area contributed by atoms with E-state index in [0.717, 1.165) is 20.9 Å². The molecule has 8 nitrogen and oxygen atoms in total. The number of urea groups is 1. The first-order valence-corrected chi connectivity index (χ1v) is 10.5. The maximum atomic E-state index is 12.5. The van der Waals surface area contributed by atoms with E-state index in [1.54, 1.807) is 59.3 Å². The maximum absolute atomic E-state index is 12.5. The van der Waals surface area contributed by atoms with Crippen molar-refractivity contribution in [3.63, 3.8) is 0 Å². The van der Waals surface area contributed by atoms with Crippen LogP contribution in [0.4, 0.5) is 10.5 Å². The quantitative estimate of drug-likeness (QED) is 0.456. The fraction of sp³-hybridized carbons (Fsp3) is 0.182. The van der Waals surface area contributed by atoms with Crippen LogP contribution in [0.25, 0.3) is 15.9 Å². The Morgan fingerprint density at radius 3 is 2.65 bits per heavy atom. The minimum Gasteiger partial charge on any atom is -0.461 e. The molecule has 0 aliphatic carbocycles. The number of nitrogens with one attached hydrogen (secondary N) is 1. The molecule has 0 bridgehead atoms. The van der Waals surface area contributed by atoms with Crippen molar-refractivity contribution in [3.8, 4) is 5.69 Å². The number of hydrogen-bond acceptors (Lipinski definition) is 6. The number of amides is 2. The van der Waals surface area contributed by atoms with Gasteiger partial charge in [-0.1, -0.05) is 12.1 Å². The molecule has 2 amide bonds. The predicted octanol–water partition coefficient (Wildman–Crippen LogP) is 4.32. The number of esters is 1. The molecule has 4 aromatic rings. The van der Waals surface area contributed by atoms with Gasteiger partial charge in [0.1, 0.15) is 5.01 Å². The summed E-state index contributed by atoms with van der Waals surface area (Å²) in [5.74, 6) is -0.457. The molecule has 9 heteroatoms. The third kappa shape index (κ3) is 4.72. The first-order chi connectivity index (χ1) is 15.0. The Balaban J connectivity index is 1.37. The number of thiazole rings is 1. The lowest BCUT2D eigenvalue weighted by molar-refractivity contribution is 0.0519. The van der Waals surface area contributed by atoms with Gasteiger partial charge in [-0.2, -0.15) is 5.10 Å². The molecule has 2 aromatic heterocycles. The van der Waals surface area contributed by atoms with Gasteiger partial charge < -0.3 is 15.0 Å². The van der Waals surface area contributed by atoms with E-state index in [2.05, 4.69) is 15.4 Å². The summed E-state index contributed by atoms with van der Waals surface area (Å²) in [6.07, 6.45) is 1.69. The molecule has 2 heterocycles. The highest BCUT2D eigenvalue weighted by Crippen LogP contribution is 2.22. The van der Waals surface area contributed by atoms with E-state index in [1.807, 2.05) is 36.4 Å². The van der Waals surface area contributed by atoms with Crippen molar-refractivity contribution in [2.75, 3.05) is 19.0 Å². The zero-order valence-electron chi connectivity index (χ0n) is 17.1. The van der Waals surface area contributed by atoms with Crippen molar-refractivity contribution in [3.05, 3.63) is 71.5 Å². The third-order valence-electron chi connectivity index (χ3n) is 4.51. The van der Waals surface area contributed by atoms with Gasteiger partial charge in [-0.25, -0.2) is 19.3 Å². The van der Waals surface area contributed by atoms with Gasteiger partial charge in [0.25, 0.3) is 0 Å². The average molecular weight is 436 g/mol. The normalized spacial score (nSPS) is 10.8. The van der Waals surface area contributed by atoms with Gasteiger partial charge in [0.15, 0.2) is 5.69 Å². The number of ether oxygens (including phenoxy) is 1. The van der Waals surface area contributed by atoms with Gasteiger partial charge in [0, 0.05) is 18.9 Å². The molecular formula is C22H21N5O3S. The van der Waals surface area contributed by atoms with Crippen molar-refractivity contribution >= 4 is 39.2 Å². The summed E-state index contributed by atoms with van der Waals surface area (Å²) in [5, 5.41) is 7.98. The Kier molecular flexibility index (Phi) is 5.94. The third-order valence-corrected chi connectivity index (χ3v) is 5.54. The lowest BCUT2D eigenvalue weighted by Gasteiger charge is -2.16. The Bertz CT molecular complexity index is 1180. The molecule has 0 fully saturated rings. The second-order valence-corrected chi connectivity index (χ2v) is 7.89. The molecule has 4 rings (SSSR count). The highest BCUT2D eigenvalue weighted by molar-refractivity contribution is 7.18. The van der Waals surface area contributed by atoms with E-state index >= 15 is 0 Å². The van der Waals surface area contributed by atoms with Crippen molar-refractivity contribution < 1.29 is 14.3 Å². The molecule has 1 N–H and O–H groups in total. The van der Waals surface area contributed by atoms with Crippen LogP contribution in [0, 0.1) is 0 Å². The van der Waals surface area contributed by atoms with Crippen LogP contribution >= 0.6 is 11.3 Å². The number of para-hydroxylation sites is 1. The summed E-state index contributed by atoms with van der Waals surface area (Å²) < 4.78 is 7.64. The summed E-state index contributed by atoms with van der Waals surface area (Å²) in [5.41, 5.74) is 2.60. The Morgan fingerprint density at radius 1 is 1.13 bits per heavy atom. The largest absolute Gasteiger partial charge is 0.461 e. The number of anilines is 1. The van der Waals surface area contributed by atoms with Crippen LogP contribution in [-0.2, 0) is 11.3 Å². The molecule has 0 atom stereocenters. The Hall–Kier alpha value is -3.72. The SMILES string of the molecule is CCOC(=O)c1ccn(-c2ccc(NC(=O)N(C)Cc3nc4ccccc4s3)cc2)n1. The number of nitrogens with zero attached hydrogens (tertiary/aromatic N) is 4. The second-order valence-electron chi connectivity index (χ2n) is 6.77. The van der Waals surface area contributed by atoms with Gasteiger partial charge in [-0.3, -0.25) is 0 Å². The lowest BCUT2D eigenvalue weighted by atomic mass is 10.3. The lowest BCUT2D eigenvalue weighted by Crippen LogP contribution is -2.30. The van der Waals surface area contributed by atoms with Crippen LogP contribution in [0.15, 0.2) is 60.8 Å². The summed E-state index contributed by atoms with van der Waals surface area (Å²) in [4.78, 5) is 30.5. The maximum Gasteiger partial charge on any atom is 0.358 e. The van der Waals surface area contributed by atoms with E-state index in [-0.39, 0.29) is 11.7 Å². The van der Waals surface area contributed by atoms with Crippen LogP contribution in [0.1, 0.15) is 22.4 Å². The van der Waals surface area contributed by atoms with E-state index in [9.17, 15) is 9.59 Å². The molecule has 0 unspecified atom stereocenters. The number of hydrogen-bond donors (Lipinski definition) is 1. The highest BCUT2D eigenvalue weighted by atomic mass is 32.1. The molecular weight excluding hydrogens is 414 g/mol. The number of rotatable bonds is 6. The highest BCUT2D eigenvalue weighted by Gasteiger charge is 2.13. The van der Waals surface area contributed by atoms with E-state index in [0.29, 0.717) is 18.8 Å². The van der Waals surface area contributed by atoms with E-state index in [4.69, 9.17) is 4.74 Å². The standard InChI is InChI=1S/C22H21N5O3S/c1-3-30-21(28)18-12-13-27(25-18)16-10-8-15(9-11-16)23-22(29)26(2)14-20-24-17-6-4-5-7-19(17)31-20/h4-13H,3,14H2,1-2H3,(H,23,29). The number of carbonyl (C=O) groups is 2. The monoisotopic (exact) mass is 435 g/mol. The Morgan fingerprint density at radius 2 is 1.90 bits per heavy atom. The van der Waals surface area contributed by atoms with Crippen LogP contribution in [0.2, 0.25) is 0 Å². The summed E-state index contributed by atoms with van der Waals surface area (Å²) in [7, 11) is 1.73. The molecule has 0 saturated heterocycles. The molecule has 158 valence electrons. The molecule has 0 radical (unpaired) electrons. The smallest absolute Gasteiger partial charge is 0.358 e. The molecule has 0 spiro atoms. The molecule has 2 aromatic carbocycles. The van der Waals surface area contributed by atoms with Crippen LogP contribution < -0.4 is 5.32 Å². The fourth-order valence-electron chi connectivity index (χ4n) is 2.96. The topological polar surface area (TPSA) is 89.4 Å². The van der Waals surface area contributed by atoms with Crippen molar-refractivity contribution in [1.82, 2.24) is 19.7 Å². The van der Waals surface area contributed by atoms with Gasteiger partial charge in [-0.05, 0) is 49.4 Å². The predicted molar refractivity (Wildman–Crippen MR) is 120 cm³/mol. The molecule has 0 saturated carbocycles. The van der Waals surface area contributed by atoms with E-state index < -0.39 is 5.97 Å². The summed E-state index contributed by atoms with van der Waals surface area (Å²) in [6, 6.07) is 16.5.